The summed E-state index contributed by atoms with van der Waals surface area (Å²) in [5.74, 6) is -0.429. The SMILES string of the molecule is Cc1ccc(S(=O)(=O)N(CC(=O)N(Cc2cccc(Br)c2)C(C)C(=O)NC2CCCCC2)c2ccc(C(C)C)cc2)cc1. The smallest absolute Gasteiger partial charge is 0.264 e. The summed E-state index contributed by atoms with van der Waals surface area (Å²) in [4.78, 5) is 29.2. The molecule has 9 heteroatoms. The minimum Gasteiger partial charge on any atom is -0.352 e. The zero-order valence-electron chi connectivity index (χ0n) is 25.4. The van der Waals surface area contributed by atoms with Crippen molar-refractivity contribution in [1.29, 1.82) is 0 Å². The molecule has 1 saturated carbocycles. The summed E-state index contributed by atoms with van der Waals surface area (Å²) in [5.41, 5.74) is 3.21. The van der Waals surface area contributed by atoms with Crippen molar-refractivity contribution in [2.45, 2.75) is 89.2 Å². The largest absolute Gasteiger partial charge is 0.352 e. The number of carbonyl (C=O) groups excluding carboxylic acids is 2. The van der Waals surface area contributed by atoms with Crippen LogP contribution in [0.1, 0.15) is 75.5 Å². The van der Waals surface area contributed by atoms with E-state index >= 15 is 0 Å². The highest BCUT2D eigenvalue weighted by Gasteiger charge is 2.33. The zero-order valence-corrected chi connectivity index (χ0v) is 27.8. The normalized spacial score (nSPS) is 14.7. The number of amides is 2. The van der Waals surface area contributed by atoms with Gasteiger partial charge in [0.15, 0.2) is 0 Å². The van der Waals surface area contributed by atoms with E-state index in [1.54, 1.807) is 43.3 Å². The van der Waals surface area contributed by atoms with E-state index in [9.17, 15) is 18.0 Å². The van der Waals surface area contributed by atoms with E-state index in [0.717, 1.165) is 51.2 Å². The molecule has 230 valence electrons. The number of hydrogen-bond acceptors (Lipinski definition) is 4. The molecule has 43 heavy (non-hydrogen) atoms. The van der Waals surface area contributed by atoms with E-state index in [4.69, 9.17) is 0 Å². The standard InChI is InChI=1S/C34H42BrN3O4S/c1-24(2)28-15-17-31(18-16-28)38(43(41,42)32-19-13-25(3)14-20-32)23-33(39)37(22-27-9-8-10-29(35)21-27)26(4)34(40)36-30-11-6-5-7-12-30/h8-10,13-21,24,26,30H,5-7,11-12,22-23H2,1-4H3,(H,36,40). The van der Waals surface area contributed by atoms with Gasteiger partial charge in [0.2, 0.25) is 11.8 Å². The summed E-state index contributed by atoms with van der Waals surface area (Å²) < 4.78 is 30.1. The lowest BCUT2D eigenvalue weighted by atomic mass is 9.95. The summed E-state index contributed by atoms with van der Waals surface area (Å²) in [6.45, 7) is 7.44. The van der Waals surface area contributed by atoms with E-state index in [2.05, 4.69) is 35.1 Å². The van der Waals surface area contributed by atoms with E-state index < -0.39 is 28.5 Å². The number of rotatable bonds is 11. The molecule has 1 aliphatic rings. The summed E-state index contributed by atoms with van der Waals surface area (Å²) in [6, 6.07) is 20.7. The predicted octanol–water partition coefficient (Wildman–Crippen LogP) is 6.94. The van der Waals surface area contributed by atoms with Crippen LogP contribution < -0.4 is 9.62 Å². The van der Waals surface area contributed by atoms with Crippen molar-refractivity contribution in [3.05, 3.63) is 94.0 Å². The molecule has 0 heterocycles. The molecule has 0 saturated heterocycles. The lowest BCUT2D eigenvalue weighted by molar-refractivity contribution is -0.139. The lowest BCUT2D eigenvalue weighted by Gasteiger charge is -2.33. The topological polar surface area (TPSA) is 86.8 Å². The second kappa shape index (κ2) is 14.5. The predicted molar refractivity (Wildman–Crippen MR) is 175 cm³/mol. The molecule has 3 aromatic rings. The number of halogens is 1. The molecule has 1 atom stereocenters. The summed E-state index contributed by atoms with van der Waals surface area (Å²) >= 11 is 3.49. The van der Waals surface area contributed by atoms with E-state index in [0.29, 0.717) is 5.69 Å². The molecule has 0 bridgehead atoms. The van der Waals surface area contributed by atoms with E-state index in [1.807, 2.05) is 43.3 Å². The fourth-order valence-corrected chi connectivity index (χ4v) is 7.24. The minimum absolute atomic E-state index is 0.0874. The van der Waals surface area contributed by atoms with Crippen LogP contribution in [0.2, 0.25) is 0 Å². The molecule has 1 aliphatic carbocycles. The van der Waals surface area contributed by atoms with Crippen LogP contribution in [0.3, 0.4) is 0 Å². The van der Waals surface area contributed by atoms with Gasteiger partial charge in [-0.15, -0.1) is 0 Å². The second-order valence-corrected chi connectivity index (χ2v) is 14.5. The molecule has 0 aliphatic heterocycles. The fraction of sp³-hybridized carbons (Fsp3) is 0.412. The van der Waals surface area contributed by atoms with Gasteiger partial charge in [0, 0.05) is 17.1 Å². The maximum Gasteiger partial charge on any atom is 0.264 e. The molecule has 1 unspecified atom stereocenters. The van der Waals surface area contributed by atoms with Crippen LogP contribution in [-0.2, 0) is 26.2 Å². The van der Waals surface area contributed by atoms with Gasteiger partial charge in [0.25, 0.3) is 10.0 Å². The van der Waals surface area contributed by atoms with Crippen LogP contribution in [0, 0.1) is 6.92 Å². The van der Waals surface area contributed by atoms with Crippen LogP contribution in [0.25, 0.3) is 0 Å². The number of aryl methyl sites for hydroxylation is 1. The lowest BCUT2D eigenvalue weighted by Crippen LogP contribution is -2.53. The number of hydrogen-bond donors (Lipinski definition) is 1. The average molecular weight is 669 g/mol. The summed E-state index contributed by atoms with van der Waals surface area (Å²) in [7, 11) is -4.10. The maximum absolute atomic E-state index is 14.2. The first-order chi connectivity index (χ1) is 20.5. The van der Waals surface area contributed by atoms with Crippen LogP contribution in [-0.4, -0.2) is 43.8 Å². The Labute approximate surface area is 264 Å². The molecule has 0 radical (unpaired) electrons. The molecule has 1 N–H and O–H groups in total. The quantitative estimate of drug-likeness (QED) is 0.240. The van der Waals surface area contributed by atoms with E-state index in [-0.39, 0.29) is 29.3 Å². The first-order valence-electron chi connectivity index (χ1n) is 15.0. The van der Waals surface area contributed by atoms with Crippen LogP contribution >= 0.6 is 15.9 Å². The van der Waals surface area contributed by atoms with Crippen molar-refractivity contribution in [3.8, 4) is 0 Å². The fourth-order valence-electron chi connectivity index (χ4n) is 5.38. The molecule has 0 aromatic heterocycles. The van der Waals surface area contributed by atoms with Gasteiger partial charge in [-0.3, -0.25) is 13.9 Å². The molecular formula is C34H42BrN3O4S. The van der Waals surface area contributed by atoms with Gasteiger partial charge in [0.05, 0.1) is 10.6 Å². The second-order valence-electron chi connectivity index (χ2n) is 11.7. The molecule has 1 fully saturated rings. The van der Waals surface area contributed by atoms with Crippen molar-refractivity contribution < 1.29 is 18.0 Å². The van der Waals surface area contributed by atoms with Gasteiger partial charge in [-0.25, -0.2) is 8.42 Å². The summed E-state index contributed by atoms with van der Waals surface area (Å²) in [5, 5.41) is 3.14. The summed E-state index contributed by atoms with van der Waals surface area (Å²) in [6.07, 6.45) is 5.15. The van der Waals surface area contributed by atoms with E-state index in [1.165, 1.54) is 11.3 Å². The number of nitrogens with one attached hydrogen (secondary N) is 1. The van der Waals surface area contributed by atoms with Gasteiger partial charge < -0.3 is 10.2 Å². The Bertz CT molecular complexity index is 1500. The highest BCUT2D eigenvalue weighted by atomic mass is 79.9. The first-order valence-corrected chi connectivity index (χ1v) is 17.2. The Morgan fingerprint density at radius 1 is 0.930 bits per heavy atom. The van der Waals surface area contributed by atoms with Gasteiger partial charge in [-0.1, -0.05) is 91.0 Å². The Balaban J connectivity index is 1.69. The van der Waals surface area contributed by atoms with Crippen molar-refractivity contribution in [3.63, 3.8) is 0 Å². The Morgan fingerprint density at radius 3 is 2.19 bits per heavy atom. The number of anilines is 1. The Morgan fingerprint density at radius 2 is 1.58 bits per heavy atom. The minimum atomic E-state index is -4.10. The maximum atomic E-state index is 14.2. The molecule has 4 rings (SSSR count). The van der Waals surface area contributed by atoms with Gasteiger partial charge in [0.1, 0.15) is 12.6 Å². The molecule has 0 spiro atoms. The van der Waals surface area contributed by atoms with Gasteiger partial charge >= 0.3 is 0 Å². The number of carbonyl (C=O) groups is 2. The molecule has 3 aromatic carbocycles. The van der Waals surface area contributed by atoms with Crippen LogP contribution in [0.4, 0.5) is 5.69 Å². The Kier molecular flexibility index (Phi) is 11.1. The number of nitrogens with zero attached hydrogens (tertiary/aromatic N) is 2. The van der Waals surface area contributed by atoms with Gasteiger partial charge in [-0.2, -0.15) is 0 Å². The van der Waals surface area contributed by atoms with Crippen LogP contribution in [0.15, 0.2) is 82.2 Å². The number of benzene rings is 3. The van der Waals surface area contributed by atoms with Crippen molar-refractivity contribution in [2.75, 3.05) is 10.8 Å². The molecule has 2 amide bonds. The van der Waals surface area contributed by atoms with Crippen LogP contribution in [0.5, 0.6) is 0 Å². The Hall–Kier alpha value is -3.17. The van der Waals surface area contributed by atoms with Gasteiger partial charge in [-0.05, 0) is 80.1 Å². The highest BCUT2D eigenvalue weighted by Crippen LogP contribution is 2.27. The number of sulfonamides is 1. The van der Waals surface area contributed by atoms with Crippen molar-refractivity contribution >= 4 is 43.5 Å². The monoisotopic (exact) mass is 667 g/mol. The molecular weight excluding hydrogens is 626 g/mol. The third-order valence-electron chi connectivity index (χ3n) is 8.10. The third kappa shape index (κ3) is 8.48. The zero-order chi connectivity index (χ0) is 31.1. The molecule has 7 nitrogen and oxygen atoms in total. The van der Waals surface area contributed by atoms with Crippen molar-refractivity contribution in [2.24, 2.45) is 0 Å². The van der Waals surface area contributed by atoms with Crippen molar-refractivity contribution in [1.82, 2.24) is 10.2 Å². The third-order valence-corrected chi connectivity index (χ3v) is 10.4. The highest BCUT2D eigenvalue weighted by molar-refractivity contribution is 9.10. The first kappa shape index (κ1) is 32.7. The average Bonchev–Trinajstić information content (AvgIpc) is 2.99.